The van der Waals surface area contributed by atoms with Crippen molar-refractivity contribution in [3.05, 3.63) is 23.9 Å². The molecular formula is C20H30N2O4. The lowest BCUT2D eigenvalue weighted by molar-refractivity contribution is 0.0471. The molecule has 2 aromatic rings. The Labute approximate surface area is 155 Å². The standard InChI is InChI=1S/C20H30N2O4/c1-13(2)25-15-10-17-16(19(11-15)26-14(3)4)12-18(22(17)7)20(23)24-9-8-21(5)6/h10-14H,8-9H2,1-7H3. The molecule has 0 aliphatic rings. The molecule has 6 nitrogen and oxygen atoms in total. The second-order valence-corrected chi connectivity index (χ2v) is 7.22. The topological polar surface area (TPSA) is 52.9 Å². The van der Waals surface area contributed by atoms with Gasteiger partial charge in [0.2, 0.25) is 0 Å². The van der Waals surface area contributed by atoms with E-state index in [4.69, 9.17) is 14.2 Å². The van der Waals surface area contributed by atoms with Crippen LogP contribution in [0, 0.1) is 0 Å². The minimum Gasteiger partial charge on any atom is -0.491 e. The molecule has 2 rings (SSSR count). The van der Waals surface area contributed by atoms with Gasteiger partial charge in [-0.2, -0.15) is 0 Å². The molecule has 0 aliphatic heterocycles. The number of carbonyl (C=O) groups is 1. The van der Waals surface area contributed by atoms with Crippen molar-refractivity contribution in [2.75, 3.05) is 27.2 Å². The van der Waals surface area contributed by atoms with Crippen molar-refractivity contribution in [1.82, 2.24) is 9.47 Å². The Morgan fingerprint density at radius 3 is 2.31 bits per heavy atom. The van der Waals surface area contributed by atoms with Crippen LogP contribution in [0.15, 0.2) is 18.2 Å². The maximum Gasteiger partial charge on any atom is 0.355 e. The normalized spacial score (nSPS) is 11.6. The molecule has 144 valence electrons. The van der Waals surface area contributed by atoms with Crippen molar-refractivity contribution >= 4 is 16.9 Å². The molecular weight excluding hydrogens is 332 g/mol. The lowest BCUT2D eigenvalue weighted by Gasteiger charge is -2.15. The van der Waals surface area contributed by atoms with Crippen LogP contribution in [0.4, 0.5) is 0 Å². The molecule has 6 heteroatoms. The second-order valence-electron chi connectivity index (χ2n) is 7.22. The zero-order chi connectivity index (χ0) is 19.4. The maximum atomic E-state index is 12.5. The van der Waals surface area contributed by atoms with E-state index in [1.54, 1.807) is 0 Å². The van der Waals surface area contributed by atoms with E-state index in [-0.39, 0.29) is 18.2 Å². The van der Waals surface area contributed by atoms with Crippen LogP contribution < -0.4 is 9.47 Å². The van der Waals surface area contributed by atoms with Crippen molar-refractivity contribution in [1.29, 1.82) is 0 Å². The number of hydrogen-bond donors (Lipinski definition) is 0. The molecule has 0 radical (unpaired) electrons. The first-order valence-electron chi connectivity index (χ1n) is 8.97. The molecule has 0 saturated heterocycles. The minimum atomic E-state index is -0.340. The smallest absolute Gasteiger partial charge is 0.355 e. The first-order chi connectivity index (χ1) is 12.2. The van der Waals surface area contributed by atoms with Crippen LogP contribution in [-0.4, -0.2) is 54.9 Å². The highest BCUT2D eigenvalue weighted by Gasteiger charge is 2.19. The maximum absolute atomic E-state index is 12.5. The zero-order valence-electron chi connectivity index (χ0n) is 16.8. The molecule has 26 heavy (non-hydrogen) atoms. The summed E-state index contributed by atoms with van der Waals surface area (Å²) >= 11 is 0. The van der Waals surface area contributed by atoms with Crippen LogP contribution in [-0.2, 0) is 11.8 Å². The van der Waals surface area contributed by atoms with E-state index in [0.29, 0.717) is 24.6 Å². The van der Waals surface area contributed by atoms with E-state index in [1.165, 1.54) is 0 Å². The van der Waals surface area contributed by atoms with Crippen molar-refractivity contribution in [2.45, 2.75) is 39.9 Å². The Bertz CT molecular complexity index is 763. The van der Waals surface area contributed by atoms with E-state index in [2.05, 4.69) is 0 Å². The van der Waals surface area contributed by atoms with E-state index in [0.717, 1.165) is 16.7 Å². The van der Waals surface area contributed by atoms with Gasteiger partial charge in [0.25, 0.3) is 0 Å². The van der Waals surface area contributed by atoms with Crippen LogP contribution in [0.2, 0.25) is 0 Å². The zero-order valence-corrected chi connectivity index (χ0v) is 16.8. The number of hydrogen-bond acceptors (Lipinski definition) is 5. The molecule has 0 saturated carbocycles. The third-order valence-corrected chi connectivity index (χ3v) is 3.81. The van der Waals surface area contributed by atoms with E-state index >= 15 is 0 Å². The summed E-state index contributed by atoms with van der Waals surface area (Å²) in [5, 5.41) is 0.872. The number of esters is 1. The number of rotatable bonds is 8. The molecule has 0 N–H and O–H groups in total. The Balaban J connectivity index is 2.41. The summed E-state index contributed by atoms with van der Waals surface area (Å²) in [6, 6.07) is 5.63. The Morgan fingerprint density at radius 2 is 1.73 bits per heavy atom. The quantitative estimate of drug-likeness (QED) is 0.673. The number of ether oxygens (including phenoxy) is 3. The number of likely N-dealkylation sites (N-methyl/N-ethyl adjacent to an activating group) is 1. The molecule has 1 heterocycles. The Kier molecular flexibility index (Phi) is 6.53. The molecule has 1 aromatic carbocycles. The summed E-state index contributed by atoms with van der Waals surface area (Å²) in [5.41, 5.74) is 1.37. The summed E-state index contributed by atoms with van der Waals surface area (Å²) in [7, 11) is 5.73. The highest BCUT2D eigenvalue weighted by Crippen LogP contribution is 2.34. The molecule has 0 amide bonds. The molecule has 0 unspecified atom stereocenters. The molecule has 0 aliphatic carbocycles. The van der Waals surface area contributed by atoms with Crippen LogP contribution in [0.1, 0.15) is 38.2 Å². The number of nitrogens with zero attached hydrogens (tertiary/aromatic N) is 2. The molecule has 0 bridgehead atoms. The van der Waals surface area contributed by atoms with Gasteiger partial charge in [0.15, 0.2) is 0 Å². The minimum absolute atomic E-state index is 0.0169. The summed E-state index contributed by atoms with van der Waals surface area (Å²) in [5.74, 6) is 1.08. The number of fused-ring (bicyclic) bond motifs is 1. The number of aryl methyl sites for hydroxylation is 1. The van der Waals surface area contributed by atoms with Gasteiger partial charge in [0.1, 0.15) is 23.8 Å². The SMILES string of the molecule is CC(C)Oc1cc(OC(C)C)c2cc(C(=O)OCCN(C)C)n(C)c2c1. The Morgan fingerprint density at radius 1 is 1.08 bits per heavy atom. The lowest BCUT2D eigenvalue weighted by atomic mass is 10.2. The summed E-state index contributed by atoms with van der Waals surface area (Å²) in [6.07, 6.45) is 0.0679. The third kappa shape index (κ3) is 4.91. The molecule has 0 spiro atoms. The predicted molar refractivity (Wildman–Crippen MR) is 103 cm³/mol. The van der Waals surface area contributed by atoms with Crippen LogP contribution in [0.25, 0.3) is 10.9 Å². The van der Waals surface area contributed by atoms with E-state index < -0.39 is 0 Å². The van der Waals surface area contributed by atoms with Gasteiger partial charge in [-0.1, -0.05) is 0 Å². The summed E-state index contributed by atoms with van der Waals surface area (Å²) in [4.78, 5) is 14.5. The fourth-order valence-electron chi connectivity index (χ4n) is 2.66. The van der Waals surface area contributed by atoms with Crippen LogP contribution >= 0.6 is 0 Å². The average molecular weight is 362 g/mol. The number of benzene rings is 1. The van der Waals surface area contributed by atoms with Gasteiger partial charge in [0.05, 0.1) is 17.7 Å². The van der Waals surface area contributed by atoms with Gasteiger partial charge >= 0.3 is 5.97 Å². The first-order valence-corrected chi connectivity index (χ1v) is 8.97. The fraction of sp³-hybridized carbons (Fsp3) is 0.550. The summed E-state index contributed by atoms with van der Waals surface area (Å²) in [6.45, 7) is 8.94. The third-order valence-electron chi connectivity index (χ3n) is 3.81. The van der Waals surface area contributed by atoms with Gasteiger partial charge < -0.3 is 23.7 Å². The van der Waals surface area contributed by atoms with E-state index in [9.17, 15) is 4.79 Å². The average Bonchev–Trinajstić information content (AvgIpc) is 2.83. The fourth-order valence-corrected chi connectivity index (χ4v) is 2.66. The molecule has 1 aromatic heterocycles. The highest BCUT2D eigenvalue weighted by molar-refractivity contribution is 5.98. The van der Waals surface area contributed by atoms with Crippen LogP contribution in [0.5, 0.6) is 11.5 Å². The summed E-state index contributed by atoms with van der Waals surface area (Å²) < 4.78 is 19.0. The first kappa shape index (κ1) is 20.1. The van der Waals surface area contributed by atoms with Crippen molar-refractivity contribution in [3.8, 4) is 11.5 Å². The van der Waals surface area contributed by atoms with Gasteiger partial charge in [0, 0.05) is 31.1 Å². The van der Waals surface area contributed by atoms with E-state index in [1.807, 2.05) is 76.5 Å². The lowest BCUT2D eigenvalue weighted by Crippen LogP contribution is -2.21. The van der Waals surface area contributed by atoms with Crippen molar-refractivity contribution < 1.29 is 19.0 Å². The highest BCUT2D eigenvalue weighted by atomic mass is 16.5. The van der Waals surface area contributed by atoms with Crippen molar-refractivity contribution in [2.24, 2.45) is 7.05 Å². The predicted octanol–water partition coefficient (Wildman–Crippen LogP) is 3.47. The monoisotopic (exact) mass is 362 g/mol. The van der Waals surface area contributed by atoms with Gasteiger partial charge in [-0.3, -0.25) is 0 Å². The molecule has 0 atom stereocenters. The number of carbonyl (C=O) groups excluding carboxylic acids is 1. The van der Waals surface area contributed by atoms with Crippen molar-refractivity contribution in [3.63, 3.8) is 0 Å². The van der Waals surface area contributed by atoms with Crippen LogP contribution in [0.3, 0.4) is 0 Å². The molecule has 0 fully saturated rings. The van der Waals surface area contributed by atoms with Gasteiger partial charge in [-0.15, -0.1) is 0 Å². The Hall–Kier alpha value is -2.21. The largest absolute Gasteiger partial charge is 0.491 e. The van der Waals surface area contributed by atoms with Gasteiger partial charge in [-0.05, 0) is 47.9 Å². The second kappa shape index (κ2) is 8.45. The van der Waals surface area contributed by atoms with Gasteiger partial charge in [-0.25, -0.2) is 4.79 Å². The number of aromatic nitrogens is 1.